The molecule has 0 atom stereocenters. The van der Waals surface area contributed by atoms with Crippen molar-refractivity contribution in [1.29, 1.82) is 0 Å². The Kier molecular flexibility index (Phi) is 7.06. The van der Waals surface area contributed by atoms with Crippen LogP contribution in [0.2, 0.25) is 5.02 Å². The zero-order chi connectivity index (χ0) is 25.1. The summed E-state index contributed by atoms with van der Waals surface area (Å²) in [5, 5.41) is 13.5. The number of hydrogen-bond acceptors (Lipinski definition) is 6. The number of benzene rings is 2. The summed E-state index contributed by atoms with van der Waals surface area (Å²) >= 11 is 6.47. The summed E-state index contributed by atoms with van der Waals surface area (Å²) in [4.78, 5) is 26.6. The van der Waals surface area contributed by atoms with Crippen molar-refractivity contribution < 1.29 is 14.3 Å². The number of aliphatic carboxylic acids is 1. The molecule has 0 unspecified atom stereocenters. The van der Waals surface area contributed by atoms with Crippen molar-refractivity contribution in [3.8, 4) is 11.1 Å². The van der Waals surface area contributed by atoms with Gasteiger partial charge in [0.25, 0.3) is 0 Å². The number of aromatic nitrogens is 3. The van der Waals surface area contributed by atoms with E-state index in [0.29, 0.717) is 22.8 Å². The van der Waals surface area contributed by atoms with Crippen LogP contribution in [-0.2, 0) is 11.3 Å². The van der Waals surface area contributed by atoms with E-state index in [0.717, 1.165) is 53.8 Å². The first-order valence-corrected chi connectivity index (χ1v) is 12.2. The number of fused-ring (bicyclic) bond motifs is 1. The summed E-state index contributed by atoms with van der Waals surface area (Å²) < 4.78 is 14.1. The van der Waals surface area contributed by atoms with Crippen LogP contribution in [0.15, 0.2) is 61.1 Å². The van der Waals surface area contributed by atoms with E-state index in [9.17, 15) is 9.18 Å². The number of carboxylic acid groups (broad SMARTS) is 1. The van der Waals surface area contributed by atoms with E-state index >= 15 is 0 Å². The summed E-state index contributed by atoms with van der Waals surface area (Å²) in [7, 11) is 0. The number of piperidine rings is 1. The predicted molar refractivity (Wildman–Crippen MR) is 138 cm³/mol. The lowest BCUT2D eigenvalue weighted by atomic mass is 9.95. The molecule has 1 aliphatic heterocycles. The van der Waals surface area contributed by atoms with E-state index in [4.69, 9.17) is 16.7 Å². The molecule has 0 bridgehead atoms. The first kappa shape index (κ1) is 24.1. The van der Waals surface area contributed by atoms with Crippen molar-refractivity contribution in [3.63, 3.8) is 0 Å². The number of halogens is 2. The van der Waals surface area contributed by atoms with E-state index in [1.54, 1.807) is 24.4 Å². The number of pyridine rings is 1. The van der Waals surface area contributed by atoms with Crippen molar-refractivity contribution in [2.24, 2.45) is 0 Å². The first-order chi connectivity index (χ1) is 17.5. The van der Waals surface area contributed by atoms with Crippen LogP contribution in [0.4, 0.5) is 10.1 Å². The molecule has 5 rings (SSSR count). The molecule has 0 aliphatic carbocycles. The summed E-state index contributed by atoms with van der Waals surface area (Å²) in [6.45, 7) is 1.82. The van der Waals surface area contributed by atoms with Crippen LogP contribution in [-0.4, -0.2) is 50.6 Å². The van der Waals surface area contributed by atoms with Crippen LogP contribution in [0, 0.1) is 5.82 Å². The highest BCUT2D eigenvalue weighted by atomic mass is 35.5. The molecule has 2 aromatic carbocycles. The minimum atomic E-state index is -0.800. The smallest absolute Gasteiger partial charge is 0.317 e. The Hall–Kier alpha value is -3.62. The van der Waals surface area contributed by atoms with Crippen molar-refractivity contribution in [2.75, 3.05) is 25.0 Å². The Morgan fingerprint density at radius 3 is 2.53 bits per heavy atom. The topological polar surface area (TPSA) is 91.2 Å². The molecule has 1 saturated heterocycles. The van der Waals surface area contributed by atoms with Gasteiger partial charge in [0, 0.05) is 47.6 Å². The van der Waals surface area contributed by atoms with Crippen LogP contribution >= 0.6 is 11.6 Å². The van der Waals surface area contributed by atoms with E-state index in [-0.39, 0.29) is 18.3 Å². The van der Waals surface area contributed by atoms with Crippen molar-refractivity contribution >= 4 is 34.2 Å². The normalized spacial score (nSPS) is 14.7. The molecule has 0 spiro atoms. The minimum Gasteiger partial charge on any atom is -0.480 e. The molecule has 2 aromatic heterocycles. The van der Waals surface area contributed by atoms with Crippen LogP contribution in [0.1, 0.15) is 30.1 Å². The molecule has 9 heteroatoms. The van der Waals surface area contributed by atoms with Gasteiger partial charge in [-0.15, -0.1) is 0 Å². The largest absolute Gasteiger partial charge is 0.480 e. The van der Waals surface area contributed by atoms with Crippen LogP contribution < -0.4 is 5.32 Å². The Morgan fingerprint density at radius 2 is 1.81 bits per heavy atom. The second-order valence-electron chi connectivity index (χ2n) is 8.93. The van der Waals surface area contributed by atoms with Gasteiger partial charge in [0.05, 0.1) is 22.8 Å². The first-order valence-electron chi connectivity index (χ1n) is 11.8. The molecule has 0 amide bonds. The lowest BCUT2D eigenvalue weighted by Gasteiger charge is -2.29. The number of nitrogens with zero attached hydrogens (tertiary/aromatic N) is 4. The van der Waals surface area contributed by atoms with Crippen molar-refractivity contribution in [1.82, 2.24) is 19.9 Å². The van der Waals surface area contributed by atoms with Gasteiger partial charge in [-0.05, 0) is 49.7 Å². The highest BCUT2D eigenvalue weighted by molar-refractivity contribution is 6.34. The molecule has 2 N–H and O–H groups in total. The van der Waals surface area contributed by atoms with E-state index in [2.05, 4.69) is 20.3 Å². The standard InChI is InChI=1S/C27H25ClFN5O2/c28-22-15-30-24-6-5-18(11-21(24)26(22)31-12-19-3-1-2-4-23(19)29)20-13-32-27(33-14-20)17-7-9-34(10-8-17)16-25(35)36/h1-6,11,13-15,17H,7-10,12,16H2,(H,30,31)(H,35,36). The second-order valence-corrected chi connectivity index (χ2v) is 9.34. The maximum Gasteiger partial charge on any atom is 0.317 e. The lowest BCUT2D eigenvalue weighted by Crippen LogP contribution is -2.37. The van der Waals surface area contributed by atoms with Gasteiger partial charge >= 0.3 is 5.97 Å². The molecule has 184 valence electrons. The molecule has 3 heterocycles. The maximum atomic E-state index is 14.1. The third-order valence-electron chi connectivity index (χ3n) is 6.55. The molecule has 4 aromatic rings. The molecule has 0 radical (unpaired) electrons. The third-order valence-corrected chi connectivity index (χ3v) is 6.84. The zero-order valence-corrected chi connectivity index (χ0v) is 20.2. The van der Waals surface area contributed by atoms with Crippen LogP contribution in [0.3, 0.4) is 0 Å². The number of carboxylic acids is 1. The molecule has 1 aliphatic rings. The molecule has 1 fully saturated rings. The average Bonchev–Trinajstić information content (AvgIpc) is 2.89. The lowest BCUT2D eigenvalue weighted by molar-refractivity contribution is -0.138. The van der Waals surface area contributed by atoms with Gasteiger partial charge in [-0.1, -0.05) is 35.9 Å². The molecule has 7 nitrogen and oxygen atoms in total. The summed E-state index contributed by atoms with van der Waals surface area (Å²) in [5.41, 5.74) is 3.79. The SMILES string of the molecule is O=C(O)CN1CCC(c2ncc(-c3ccc4ncc(Cl)c(NCc5ccccc5F)c4c3)cn2)CC1. The number of carbonyl (C=O) groups is 1. The van der Waals surface area contributed by atoms with Gasteiger partial charge < -0.3 is 10.4 Å². The average molecular weight is 506 g/mol. The number of nitrogens with one attached hydrogen (secondary N) is 1. The minimum absolute atomic E-state index is 0.0739. The third kappa shape index (κ3) is 5.29. The monoisotopic (exact) mass is 505 g/mol. The zero-order valence-electron chi connectivity index (χ0n) is 19.5. The maximum absolute atomic E-state index is 14.1. The van der Waals surface area contributed by atoms with Crippen molar-refractivity contribution in [3.05, 3.63) is 83.3 Å². The van der Waals surface area contributed by atoms with Gasteiger partial charge in [-0.2, -0.15) is 0 Å². The number of rotatable bonds is 7. The van der Waals surface area contributed by atoms with E-state index in [1.165, 1.54) is 6.07 Å². The summed E-state index contributed by atoms with van der Waals surface area (Å²) in [6.07, 6.45) is 6.90. The number of hydrogen-bond donors (Lipinski definition) is 2. The van der Waals surface area contributed by atoms with E-state index < -0.39 is 5.97 Å². The molecule has 36 heavy (non-hydrogen) atoms. The Bertz CT molecular complexity index is 1390. The molecular weight excluding hydrogens is 481 g/mol. The highest BCUT2D eigenvalue weighted by Crippen LogP contribution is 2.33. The fraction of sp³-hybridized carbons (Fsp3) is 0.259. The molecular formula is C27H25ClFN5O2. The van der Waals surface area contributed by atoms with Gasteiger partial charge in [0.2, 0.25) is 0 Å². The van der Waals surface area contributed by atoms with Crippen LogP contribution in [0.5, 0.6) is 0 Å². The Morgan fingerprint density at radius 1 is 1.06 bits per heavy atom. The highest BCUT2D eigenvalue weighted by Gasteiger charge is 2.23. The summed E-state index contributed by atoms with van der Waals surface area (Å²) in [6, 6.07) is 12.5. The van der Waals surface area contributed by atoms with Crippen molar-refractivity contribution in [2.45, 2.75) is 25.3 Å². The number of likely N-dealkylation sites (tertiary alicyclic amines) is 1. The number of anilines is 1. The Balaban J connectivity index is 1.35. The fourth-order valence-electron chi connectivity index (χ4n) is 4.59. The van der Waals surface area contributed by atoms with Gasteiger partial charge in [0.15, 0.2) is 0 Å². The molecule has 0 saturated carbocycles. The second kappa shape index (κ2) is 10.6. The summed E-state index contributed by atoms with van der Waals surface area (Å²) in [5.74, 6) is -0.0687. The Labute approximate surface area is 213 Å². The van der Waals surface area contributed by atoms with Gasteiger partial charge in [-0.25, -0.2) is 14.4 Å². The quantitative estimate of drug-likeness (QED) is 0.349. The fourth-order valence-corrected chi connectivity index (χ4v) is 4.81. The predicted octanol–water partition coefficient (Wildman–Crippen LogP) is 5.36. The van der Waals surface area contributed by atoms with Gasteiger partial charge in [-0.3, -0.25) is 14.7 Å². The van der Waals surface area contributed by atoms with Gasteiger partial charge in [0.1, 0.15) is 11.6 Å². The van der Waals surface area contributed by atoms with Crippen LogP contribution in [0.25, 0.3) is 22.0 Å². The van der Waals surface area contributed by atoms with E-state index in [1.807, 2.05) is 35.5 Å².